The van der Waals surface area contributed by atoms with Crippen LogP contribution in [0.5, 0.6) is 0 Å². The van der Waals surface area contributed by atoms with Crippen molar-refractivity contribution in [2.45, 2.75) is 91.4 Å². The third-order valence-corrected chi connectivity index (χ3v) is 12.4. The quantitative estimate of drug-likeness (QED) is 0.177. The molecule has 0 fully saturated rings. The summed E-state index contributed by atoms with van der Waals surface area (Å²) in [5.41, 5.74) is 6.63. The summed E-state index contributed by atoms with van der Waals surface area (Å²) >= 11 is 0. The van der Waals surface area contributed by atoms with Gasteiger partial charge >= 0.3 is 0 Å². The van der Waals surface area contributed by atoms with Crippen molar-refractivity contribution in [3.63, 3.8) is 0 Å². The molecule has 4 nitrogen and oxygen atoms in total. The Morgan fingerprint density at radius 3 is 1.02 bits per heavy atom. The molecule has 0 aromatic heterocycles. The monoisotopic (exact) mass is 656 g/mol. The molecule has 2 aliphatic rings. The molecule has 0 radical (unpaired) electrons. The first kappa shape index (κ1) is 32.3. The molecule has 0 aliphatic carbocycles. The van der Waals surface area contributed by atoms with Crippen LogP contribution in [0.25, 0.3) is 54.6 Å². The Bertz CT molecular complexity index is 2220. The molecule has 0 N–H and O–H groups in total. The highest BCUT2D eigenvalue weighted by Gasteiger charge is 2.49. The molecule has 252 valence electrons. The van der Waals surface area contributed by atoms with E-state index in [-0.39, 0.29) is 22.2 Å². The second-order valence-corrected chi connectivity index (χ2v) is 16.3. The highest BCUT2D eigenvalue weighted by Crippen LogP contribution is 2.47. The molecule has 0 bridgehead atoms. The Morgan fingerprint density at radius 1 is 0.400 bits per heavy atom. The van der Waals surface area contributed by atoms with Crippen molar-refractivity contribution in [1.29, 1.82) is 0 Å². The van der Waals surface area contributed by atoms with Gasteiger partial charge in [0.2, 0.25) is 0 Å². The summed E-state index contributed by atoms with van der Waals surface area (Å²) in [5.74, 6) is 2.12. The van der Waals surface area contributed by atoms with Gasteiger partial charge < -0.3 is 9.80 Å². The van der Waals surface area contributed by atoms with Crippen molar-refractivity contribution >= 4 is 55.4 Å². The maximum Gasteiger partial charge on any atom is 0.102 e. The lowest BCUT2D eigenvalue weighted by atomic mass is 9.82. The molecular formula is C46H48N4. The summed E-state index contributed by atoms with van der Waals surface area (Å²) in [7, 11) is 0. The summed E-state index contributed by atoms with van der Waals surface area (Å²) in [5, 5.41) is 7.69. The maximum absolute atomic E-state index is 5.03. The van der Waals surface area contributed by atoms with Crippen molar-refractivity contribution in [3.8, 4) is 22.3 Å². The zero-order valence-corrected chi connectivity index (χ0v) is 31.2. The molecule has 6 aromatic rings. The van der Waals surface area contributed by atoms with Gasteiger partial charge in [-0.1, -0.05) is 84.9 Å². The van der Waals surface area contributed by atoms with Crippen LogP contribution in [0.3, 0.4) is 0 Å². The molecule has 0 spiro atoms. The molecule has 2 heterocycles. The van der Waals surface area contributed by atoms with Crippen LogP contribution >= 0.6 is 0 Å². The fourth-order valence-corrected chi connectivity index (χ4v) is 8.65. The van der Waals surface area contributed by atoms with E-state index in [1.54, 1.807) is 0 Å². The zero-order valence-electron chi connectivity index (χ0n) is 31.2. The molecule has 0 unspecified atom stereocenters. The molecular weight excluding hydrogens is 609 g/mol. The Kier molecular flexibility index (Phi) is 6.95. The Balaban J connectivity index is 1.32. The van der Waals surface area contributed by atoms with Crippen LogP contribution in [-0.4, -0.2) is 33.8 Å². The van der Waals surface area contributed by atoms with Crippen molar-refractivity contribution in [3.05, 3.63) is 109 Å². The second kappa shape index (κ2) is 10.8. The molecule has 0 atom stereocenters. The van der Waals surface area contributed by atoms with Crippen LogP contribution in [0.1, 0.15) is 69.2 Å². The molecule has 0 amide bonds. The van der Waals surface area contributed by atoms with E-state index in [0.29, 0.717) is 0 Å². The highest BCUT2D eigenvalue weighted by atomic mass is 15.3. The highest BCUT2D eigenvalue weighted by molar-refractivity contribution is 6.31. The van der Waals surface area contributed by atoms with Gasteiger partial charge in [-0.25, -0.2) is 0 Å². The van der Waals surface area contributed by atoms with E-state index >= 15 is 0 Å². The van der Waals surface area contributed by atoms with Gasteiger partial charge in [-0.3, -0.25) is 9.98 Å². The van der Waals surface area contributed by atoms with Gasteiger partial charge in [0.05, 0.1) is 22.2 Å². The number of amidine groups is 2. The lowest BCUT2D eigenvalue weighted by Gasteiger charge is -2.41. The molecule has 6 aromatic carbocycles. The van der Waals surface area contributed by atoms with E-state index in [1.165, 1.54) is 65.9 Å². The molecule has 2 aliphatic heterocycles. The Labute approximate surface area is 297 Å². The van der Waals surface area contributed by atoms with Crippen molar-refractivity contribution in [2.75, 3.05) is 9.80 Å². The van der Waals surface area contributed by atoms with Gasteiger partial charge in [-0.2, -0.15) is 0 Å². The van der Waals surface area contributed by atoms with Crippen LogP contribution in [0.2, 0.25) is 0 Å². The average molecular weight is 657 g/mol. The minimum absolute atomic E-state index is 0.135. The fraction of sp³-hybridized carbons (Fsp3) is 0.304. The second-order valence-electron chi connectivity index (χ2n) is 16.3. The zero-order chi connectivity index (χ0) is 35.4. The molecule has 8 rings (SSSR count). The maximum atomic E-state index is 5.03. The third kappa shape index (κ3) is 4.50. The number of anilines is 2. The van der Waals surface area contributed by atoms with E-state index in [4.69, 9.17) is 9.98 Å². The topological polar surface area (TPSA) is 31.2 Å². The van der Waals surface area contributed by atoms with Gasteiger partial charge in [0.1, 0.15) is 11.7 Å². The van der Waals surface area contributed by atoms with Crippen molar-refractivity contribution in [2.24, 2.45) is 9.98 Å². The van der Waals surface area contributed by atoms with E-state index in [9.17, 15) is 0 Å². The summed E-state index contributed by atoms with van der Waals surface area (Å²) in [6.07, 6.45) is 0. The predicted molar refractivity (Wildman–Crippen MR) is 217 cm³/mol. The largest absolute Gasteiger partial charge is 0.322 e. The van der Waals surface area contributed by atoms with Gasteiger partial charge in [0, 0.05) is 11.4 Å². The average Bonchev–Trinajstić information content (AvgIpc) is 3.35. The first-order valence-corrected chi connectivity index (χ1v) is 17.9. The van der Waals surface area contributed by atoms with Crippen LogP contribution in [0.4, 0.5) is 11.4 Å². The first-order chi connectivity index (χ1) is 23.6. The van der Waals surface area contributed by atoms with Gasteiger partial charge in [0.25, 0.3) is 0 Å². The van der Waals surface area contributed by atoms with E-state index in [1.807, 2.05) is 0 Å². The normalized spacial score (nSPS) is 19.0. The predicted octanol–water partition coefficient (Wildman–Crippen LogP) is 12.1. The van der Waals surface area contributed by atoms with E-state index in [2.05, 4.69) is 188 Å². The number of aliphatic imine (C=N–C) groups is 2. The number of rotatable bonds is 4. The SMILES string of the molecule is CC1=NC(C)(C)C(C)(C)N1c1ccc(-c2ccc(-c3ccc(N4C(C)=NC(C)(C)C4(C)C)cc3)c3c4ccccc4c4ccccc4c23)cc1. The molecule has 0 saturated carbocycles. The summed E-state index contributed by atoms with van der Waals surface area (Å²) in [6.45, 7) is 22.3. The van der Waals surface area contributed by atoms with Gasteiger partial charge in [-0.15, -0.1) is 0 Å². The van der Waals surface area contributed by atoms with Crippen LogP contribution in [0, 0.1) is 0 Å². The number of hydrogen-bond acceptors (Lipinski definition) is 4. The fourth-order valence-electron chi connectivity index (χ4n) is 8.65. The first-order valence-electron chi connectivity index (χ1n) is 17.9. The van der Waals surface area contributed by atoms with Crippen molar-refractivity contribution < 1.29 is 0 Å². The molecule has 0 saturated heterocycles. The number of nitrogens with zero attached hydrogens (tertiary/aromatic N) is 4. The minimum atomic E-state index is -0.173. The standard InChI is InChI=1S/C46H48N4/c1-29-47-43(3,4)45(7,8)49(29)33-23-19-31(20-24-33)35-27-28-36(32-21-25-34(26-22-32)50-30(2)48-44(5,6)46(50,9)10)42-40-18-14-12-16-38(40)37-15-11-13-17-39(37)41(35)42/h11-28H,1-10H3. The molecule has 4 heteroatoms. The van der Waals surface area contributed by atoms with E-state index in [0.717, 1.165) is 11.7 Å². The summed E-state index contributed by atoms with van der Waals surface area (Å²) < 4.78 is 0. The lowest BCUT2D eigenvalue weighted by molar-refractivity contribution is 0.338. The Morgan fingerprint density at radius 2 is 0.720 bits per heavy atom. The summed E-state index contributed by atoms with van der Waals surface area (Å²) in [6, 6.07) is 40.7. The van der Waals surface area contributed by atoms with Gasteiger partial charge in [-0.05, 0) is 148 Å². The van der Waals surface area contributed by atoms with Crippen LogP contribution < -0.4 is 9.80 Å². The number of hydrogen-bond donors (Lipinski definition) is 0. The van der Waals surface area contributed by atoms with Crippen LogP contribution in [-0.2, 0) is 0 Å². The van der Waals surface area contributed by atoms with Crippen molar-refractivity contribution in [1.82, 2.24) is 0 Å². The Hall–Kier alpha value is -4.96. The smallest absolute Gasteiger partial charge is 0.102 e. The number of fused-ring (bicyclic) bond motifs is 6. The molecule has 50 heavy (non-hydrogen) atoms. The van der Waals surface area contributed by atoms with E-state index < -0.39 is 0 Å². The minimum Gasteiger partial charge on any atom is -0.322 e. The third-order valence-electron chi connectivity index (χ3n) is 12.4. The summed E-state index contributed by atoms with van der Waals surface area (Å²) in [4.78, 5) is 14.8. The number of benzene rings is 6. The van der Waals surface area contributed by atoms with Gasteiger partial charge in [0.15, 0.2) is 0 Å². The van der Waals surface area contributed by atoms with Crippen LogP contribution in [0.15, 0.2) is 119 Å². The lowest BCUT2D eigenvalue weighted by Crippen LogP contribution is -2.52.